The summed E-state index contributed by atoms with van der Waals surface area (Å²) in [7, 11) is 0. The lowest BCUT2D eigenvalue weighted by atomic mass is 10.3. The van der Waals surface area contributed by atoms with E-state index in [1.54, 1.807) is 36.4 Å². The van der Waals surface area contributed by atoms with Crippen molar-refractivity contribution in [2.24, 2.45) is 0 Å². The van der Waals surface area contributed by atoms with Crippen LogP contribution in [0.2, 0.25) is 0 Å². The van der Waals surface area contributed by atoms with Crippen molar-refractivity contribution in [3.63, 3.8) is 0 Å². The van der Waals surface area contributed by atoms with Gasteiger partial charge in [0, 0.05) is 6.07 Å². The van der Waals surface area contributed by atoms with Gasteiger partial charge in [-0.05, 0) is 42.8 Å². The molecular formula is C16H17FO3. The van der Waals surface area contributed by atoms with E-state index in [0.29, 0.717) is 23.7 Å². The first-order chi connectivity index (χ1) is 9.67. The van der Waals surface area contributed by atoms with Crippen LogP contribution < -0.4 is 9.47 Å². The van der Waals surface area contributed by atoms with Crippen LogP contribution in [-0.4, -0.2) is 17.8 Å². The van der Waals surface area contributed by atoms with Crippen molar-refractivity contribution in [1.82, 2.24) is 0 Å². The van der Waals surface area contributed by atoms with E-state index in [-0.39, 0.29) is 12.4 Å². The number of aliphatic hydroxyl groups excluding tert-OH is 1. The summed E-state index contributed by atoms with van der Waals surface area (Å²) in [5, 5.41) is 9.41. The van der Waals surface area contributed by atoms with E-state index in [1.165, 1.54) is 12.1 Å². The smallest absolute Gasteiger partial charge is 0.130 e. The largest absolute Gasteiger partial charge is 0.491 e. The topological polar surface area (TPSA) is 38.7 Å². The first-order valence-electron chi connectivity index (χ1n) is 6.51. The van der Waals surface area contributed by atoms with Crippen molar-refractivity contribution in [2.75, 3.05) is 6.61 Å². The van der Waals surface area contributed by atoms with Crippen LogP contribution in [0.15, 0.2) is 48.5 Å². The minimum absolute atomic E-state index is 0.264. The molecule has 1 N–H and O–H groups in total. The monoisotopic (exact) mass is 276 g/mol. The van der Waals surface area contributed by atoms with E-state index in [1.807, 2.05) is 6.92 Å². The number of rotatable bonds is 6. The molecule has 0 heterocycles. The molecule has 106 valence electrons. The van der Waals surface area contributed by atoms with E-state index in [4.69, 9.17) is 9.47 Å². The highest BCUT2D eigenvalue weighted by Crippen LogP contribution is 2.24. The molecule has 0 amide bonds. The van der Waals surface area contributed by atoms with Crippen molar-refractivity contribution >= 4 is 0 Å². The number of hydrogen-bond acceptors (Lipinski definition) is 3. The fourth-order valence-electron chi connectivity index (χ4n) is 1.58. The van der Waals surface area contributed by atoms with Crippen LogP contribution in [0.4, 0.5) is 4.39 Å². The van der Waals surface area contributed by atoms with Crippen LogP contribution >= 0.6 is 0 Å². The molecule has 0 aliphatic heterocycles. The van der Waals surface area contributed by atoms with Gasteiger partial charge in [0.25, 0.3) is 0 Å². The molecule has 0 saturated carbocycles. The van der Waals surface area contributed by atoms with Crippen LogP contribution in [-0.2, 0) is 0 Å². The fourth-order valence-corrected chi connectivity index (χ4v) is 1.58. The van der Waals surface area contributed by atoms with Crippen molar-refractivity contribution < 1.29 is 19.0 Å². The zero-order valence-electron chi connectivity index (χ0n) is 11.3. The SMILES string of the molecule is CCC(O)COc1ccc(Oc2cccc(F)c2)cc1. The molecule has 2 aromatic rings. The normalized spacial score (nSPS) is 11.9. The van der Waals surface area contributed by atoms with Gasteiger partial charge in [-0.3, -0.25) is 0 Å². The maximum Gasteiger partial charge on any atom is 0.130 e. The first-order valence-corrected chi connectivity index (χ1v) is 6.51. The van der Waals surface area contributed by atoms with E-state index in [0.717, 1.165) is 0 Å². The van der Waals surface area contributed by atoms with Gasteiger partial charge in [0.2, 0.25) is 0 Å². The zero-order valence-corrected chi connectivity index (χ0v) is 11.3. The summed E-state index contributed by atoms with van der Waals surface area (Å²) < 4.78 is 24.0. The van der Waals surface area contributed by atoms with E-state index in [2.05, 4.69) is 0 Å². The van der Waals surface area contributed by atoms with Gasteiger partial charge in [-0.1, -0.05) is 13.0 Å². The molecule has 0 fully saturated rings. The molecule has 1 unspecified atom stereocenters. The molecule has 3 nitrogen and oxygen atoms in total. The Labute approximate surface area is 117 Å². The Balaban J connectivity index is 1.94. The average molecular weight is 276 g/mol. The van der Waals surface area contributed by atoms with Crippen molar-refractivity contribution in [3.05, 3.63) is 54.3 Å². The average Bonchev–Trinajstić information content (AvgIpc) is 2.46. The first kappa shape index (κ1) is 14.3. The van der Waals surface area contributed by atoms with E-state index in [9.17, 15) is 9.50 Å². The minimum atomic E-state index is -0.460. The number of benzene rings is 2. The van der Waals surface area contributed by atoms with Crippen LogP contribution in [0, 0.1) is 5.82 Å². The van der Waals surface area contributed by atoms with Crippen LogP contribution in [0.1, 0.15) is 13.3 Å². The second-order valence-corrected chi connectivity index (χ2v) is 4.40. The van der Waals surface area contributed by atoms with E-state index >= 15 is 0 Å². The summed E-state index contributed by atoms with van der Waals surface area (Å²) in [5.74, 6) is 1.36. The molecule has 1 atom stereocenters. The zero-order chi connectivity index (χ0) is 14.4. The molecule has 0 bridgehead atoms. The Hall–Kier alpha value is -2.07. The number of halogens is 1. The number of ether oxygens (including phenoxy) is 2. The minimum Gasteiger partial charge on any atom is -0.491 e. The summed E-state index contributed by atoms with van der Waals surface area (Å²) in [6.07, 6.45) is 0.194. The lowest BCUT2D eigenvalue weighted by Gasteiger charge is -2.11. The maximum absolute atomic E-state index is 13.0. The van der Waals surface area contributed by atoms with Gasteiger partial charge in [0.05, 0.1) is 6.10 Å². The highest BCUT2D eigenvalue weighted by atomic mass is 19.1. The van der Waals surface area contributed by atoms with Gasteiger partial charge in [-0.25, -0.2) is 4.39 Å². The molecule has 4 heteroatoms. The molecule has 0 aliphatic carbocycles. The third-order valence-electron chi connectivity index (χ3n) is 2.77. The van der Waals surface area contributed by atoms with Gasteiger partial charge in [0.15, 0.2) is 0 Å². The molecule has 0 spiro atoms. The molecule has 0 radical (unpaired) electrons. The quantitative estimate of drug-likeness (QED) is 0.873. The number of aliphatic hydroxyl groups is 1. The third kappa shape index (κ3) is 4.24. The van der Waals surface area contributed by atoms with E-state index < -0.39 is 6.10 Å². The molecule has 2 rings (SSSR count). The molecule has 0 aliphatic rings. The Morgan fingerprint density at radius 2 is 1.75 bits per heavy atom. The lowest BCUT2D eigenvalue weighted by molar-refractivity contribution is 0.104. The van der Waals surface area contributed by atoms with Gasteiger partial charge >= 0.3 is 0 Å². The summed E-state index contributed by atoms with van der Waals surface area (Å²) in [6, 6.07) is 12.9. The fraction of sp³-hybridized carbons (Fsp3) is 0.250. The Kier molecular flexibility index (Phi) is 4.96. The Bertz CT molecular complexity index is 540. The maximum atomic E-state index is 13.0. The van der Waals surface area contributed by atoms with Crippen LogP contribution in [0.5, 0.6) is 17.2 Å². The van der Waals surface area contributed by atoms with Gasteiger partial charge < -0.3 is 14.6 Å². The molecule has 2 aromatic carbocycles. The summed E-state index contributed by atoms with van der Waals surface area (Å²) in [4.78, 5) is 0. The number of hydrogen-bond donors (Lipinski definition) is 1. The second kappa shape index (κ2) is 6.91. The summed E-state index contributed by atoms with van der Waals surface area (Å²) in [5.41, 5.74) is 0. The molecule has 0 aromatic heterocycles. The third-order valence-corrected chi connectivity index (χ3v) is 2.77. The Morgan fingerprint density at radius 3 is 2.40 bits per heavy atom. The summed E-state index contributed by atoms with van der Waals surface area (Å²) in [6.45, 7) is 2.16. The van der Waals surface area contributed by atoms with Crippen molar-refractivity contribution in [3.8, 4) is 17.2 Å². The van der Waals surface area contributed by atoms with Crippen LogP contribution in [0.25, 0.3) is 0 Å². The van der Waals surface area contributed by atoms with Gasteiger partial charge in [-0.2, -0.15) is 0 Å². The lowest BCUT2D eigenvalue weighted by Crippen LogP contribution is -2.15. The Morgan fingerprint density at radius 1 is 1.05 bits per heavy atom. The van der Waals surface area contributed by atoms with Gasteiger partial charge in [-0.15, -0.1) is 0 Å². The second-order valence-electron chi connectivity index (χ2n) is 4.40. The van der Waals surface area contributed by atoms with Crippen molar-refractivity contribution in [1.29, 1.82) is 0 Å². The predicted molar refractivity (Wildman–Crippen MR) is 74.7 cm³/mol. The highest BCUT2D eigenvalue weighted by Gasteiger charge is 2.03. The van der Waals surface area contributed by atoms with Crippen molar-refractivity contribution in [2.45, 2.75) is 19.4 Å². The highest BCUT2D eigenvalue weighted by molar-refractivity contribution is 5.35. The molecular weight excluding hydrogens is 259 g/mol. The summed E-state index contributed by atoms with van der Waals surface area (Å²) >= 11 is 0. The van der Waals surface area contributed by atoms with Crippen LogP contribution in [0.3, 0.4) is 0 Å². The van der Waals surface area contributed by atoms with Gasteiger partial charge in [0.1, 0.15) is 29.7 Å². The predicted octanol–water partition coefficient (Wildman–Crippen LogP) is 3.77. The molecule has 0 saturated heterocycles. The molecule has 20 heavy (non-hydrogen) atoms. The standard InChI is InChI=1S/C16H17FO3/c1-2-13(18)11-19-14-6-8-15(9-7-14)20-16-5-3-4-12(17)10-16/h3-10,13,18H,2,11H2,1H3.